The van der Waals surface area contributed by atoms with Crippen LogP contribution in [0.2, 0.25) is 0 Å². The van der Waals surface area contributed by atoms with Crippen LogP contribution in [-0.2, 0) is 16.0 Å². The van der Waals surface area contributed by atoms with Crippen LogP contribution in [0.4, 0.5) is 18.9 Å². The zero-order valence-corrected chi connectivity index (χ0v) is 16.7. The molecule has 0 aliphatic rings. The zero-order chi connectivity index (χ0) is 23.4. The molecule has 0 aromatic heterocycles. The van der Waals surface area contributed by atoms with Crippen LogP contribution in [-0.4, -0.2) is 49.9 Å². The van der Waals surface area contributed by atoms with Gasteiger partial charge in [0.1, 0.15) is 18.5 Å². The fraction of sp³-hybridized carbons (Fsp3) is 0.278. The van der Waals surface area contributed by atoms with Gasteiger partial charge in [0.15, 0.2) is 9.84 Å². The third-order valence-corrected chi connectivity index (χ3v) is 4.99. The number of aliphatic hydroxyl groups excluding tert-OH is 1. The van der Waals surface area contributed by atoms with Gasteiger partial charge in [0.25, 0.3) is 11.6 Å². The number of alkyl halides is 3. The third-order valence-electron chi connectivity index (χ3n) is 3.89. The molecule has 31 heavy (non-hydrogen) atoms. The van der Waals surface area contributed by atoms with Gasteiger partial charge >= 0.3 is 6.18 Å². The molecule has 0 saturated heterocycles. The van der Waals surface area contributed by atoms with E-state index in [1.807, 2.05) is 0 Å². The number of nitro groups is 1. The molecule has 0 fully saturated rings. The van der Waals surface area contributed by atoms with Gasteiger partial charge in [-0.2, -0.15) is 13.2 Å². The second-order valence-corrected chi connectivity index (χ2v) is 8.46. The lowest BCUT2D eigenvalue weighted by Gasteiger charge is -2.14. The summed E-state index contributed by atoms with van der Waals surface area (Å²) in [6, 6.07) is 6.63. The second-order valence-electron chi connectivity index (χ2n) is 6.45. The first-order valence-corrected chi connectivity index (χ1v) is 10.4. The molecule has 2 N–H and O–H groups in total. The summed E-state index contributed by atoms with van der Waals surface area (Å²) < 4.78 is 66.5. The highest BCUT2D eigenvalue weighted by molar-refractivity contribution is 7.90. The smallest absolute Gasteiger partial charge is 0.416 e. The average molecular weight is 462 g/mol. The molecule has 13 heteroatoms. The molecule has 0 heterocycles. The minimum Gasteiger partial charge on any atom is -0.491 e. The summed E-state index contributed by atoms with van der Waals surface area (Å²) in [7, 11) is -3.83. The predicted octanol–water partition coefficient (Wildman–Crippen LogP) is 2.19. The molecule has 2 rings (SSSR count). The number of nitrogens with zero attached hydrogens (tertiary/aromatic N) is 1. The highest BCUT2D eigenvalue weighted by Crippen LogP contribution is 2.31. The quantitative estimate of drug-likeness (QED) is 0.453. The summed E-state index contributed by atoms with van der Waals surface area (Å²) in [5, 5.41) is 23.1. The number of benzene rings is 2. The van der Waals surface area contributed by atoms with Crippen LogP contribution in [0.1, 0.15) is 15.9 Å². The number of nitro benzene ring substituents is 1. The van der Waals surface area contributed by atoms with Crippen molar-refractivity contribution in [1.29, 1.82) is 0 Å². The Bertz CT molecular complexity index is 1090. The molecule has 2 aromatic carbocycles. The topological polar surface area (TPSA) is 136 Å². The van der Waals surface area contributed by atoms with Crippen molar-refractivity contribution in [3.63, 3.8) is 0 Å². The Kier molecular flexibility index (Phi) is 7.23. The first-order chi connectivity index (χ1) is 14.3. The van der Waals surface area contributed by atoms with Crippen LogP contribution in [0.5, 0.6) is 5.75 Å². The number of halogens is 3. The number of hydrogen-bond donors (Lipinski definition) is 2. The van der Waals surface area contributed by atoms with E-state index in [-0.39, 0.29) is 11.3 Å². The predicted molar refractivity (Wildman–Crippen MR) is 101 cm³/mol. The lowest BCUT2D eigenvalue weighted by molar-refractivity contribution is -0.385. The number of aliphatic hydroxyl groups is 1. The Morgan fingerprint density at radius 3 is 2.52 bits per heavy atom. The number of rotatable bonds is 8. The average Bonchev–Trinajstić information content (AvgIpc) is 2.69. The lowest BCUT2D eigenvalue weighted by atomic mass is 10.2. The molecule has 1 atom stereocenters. The molecule has 0 spiro atoms. The van der Waals surface area contributed by atoms with Crippen molar-refractivity contribution in [2.45, 2.75) is 17.2 Å². The fourth-order valence-electron chi connectivity index (χ4n) is 2.36. The second kappa shape index (κ2) is 9.31. The summed E-state index contributed by atoms with van der Waals surface area (Å²) in [4.78, 5) is 21.9. The van der Waals surface area contributed by atoms with E-state index in [9.17, 15) is 41.6 Å². The Labute approximate surface area is 174 Å². The Morgan fingerprint density at radius 2 is 1.94 bits per heavy atom. The summed E-state index contributed by atoms with van der Waals surface area (Å²) in [6.45, 7) is -0.861. The maximum absolute atomic E-state index is 12.7. The van der Waals surface area contributed by atoms with E-state index in [4.69, 9.17) is 4.74 Å². The van der Waals surface area contributed by atoms with Crippen LogP contribution < -0.4 is 10.1 Å². The monoisotopic (exact) mass is 462 g/mol. The van der Waals surface area contributed by atoms with E-state index in [1.165, 1.54) is 6.07 Å². The summed E-state index contributed by atoms with van der Waals surface area (Å²) >= 11 is 0. The number of carbonyl (C=O) groups is 1. The first-order valence-electron chi connectivity index (χ1n) is 8.53. The number of sulfone groups is 1. The molecule has 9 nitrogen and oxygen atoms in total. The van der Waals surface area contributed by atoms with Crippen molar-refractivity contribution in [2.24, 2.45) is 0 Å². The van der Waals surface area contributed by atoms with E-state index < -0.39 is 62.2 Å². The van der Waals surface area contributed by atoms with Crippen molar-refractivity contribution in [1.82, 2.24) is 5.32 Å². The first kappa shape index (κ1) is 24.1. The third kappa shape index (κ3) is 6.93. The molecule has 2 aromatic rings. The van der Waals surface area contributed by atoms with Crippen molar-refractivity contribution < 1.29 is 41.2 Å². The fourth-order valence-corrected chi connectivity index (χ4v) is 3.04. The number of nitrogens with one attached hydrogen (secondary N) is 1. The molecule has 0 radical (unpaired) electrons. The molecule has 0 aliphatic carbocycles. The van der Waals surface area contributed by atoms with Crippen molar-refractivity contribution in [2.75, 3.05) is 19.4 Å². The van der Waals surface area contributed by atoms with Gasteiger partial charge in [-0.05, 0) is 24.3 Å². The highest BCUT2D eigenvalue weighted by atomic mass is 32.2. The maximum atomic E-state index is 12.7. The molecular formula is C18H17F3N2O7S. The molecular weight excluding hydrogens is 445 g/mol. The molecule has 0 aliphatic heterocycles. The maximum Gasteiger partial charge on any atom is 0.416 e. The summed E-state index contributed by atoms with van der Waals surface area (Å²) in [5.41, 5.74) is -1.86. The molecule has 168 valence electrons. The minimum absolute atomic E-state index is 0.142. The van der Waals surface area contributed by atoms with Gasteiger partial charge in [0.2, 0.25) is 0 Å². The van der Waals surface area contributed by atoms with Gasteiger partial charge in [-0.15, -0.1) is 0 Å². The van der Waals surface area contributed by atoms with E-state index in [1.54, 1.807) is 0 Å². The number of carbonyl (C=O) groups excluding carboxylic acids is 1. The molecule has 1 amide bonds. The highest BCUT2D eigenvalue weighted by Gasteiger charge is 2.30. The van der Waals surface area contributed by atoms with E-state index in [0.29, 0.717) is 0 Å². The van der Waals surface area contributed by atoms with Gasteiger partial charge in [-0.25, -0.2) is 8.42 Å². The van der Waals surface area contributed by atoms with Crippen LogP contribution in [0.3, 0.4) is 0 Å². The summed E-state index contributed by atoms with van der Waals surface area (Å²) in [5.74, 6) is -1.04. The standard InChI is InChI=1S/C18H17F3N2O7S/c1-31(28,29)16-6-11(5-13(8-16)23(26)27)17(25)22-9-14(24)10-30-15-4-2-3-12(7-15)18(19,20)21/h2-8,14,24H,9-10H2,1H3,(H,22,25). The number of ether oxygens (including phenoxy) is 1. The minimum atomic E-state index is -4.56. The number of amides is 1. The molecule has 1 unspecified atom stereocenters. The van der Waals surface area contributed by atoms with Crippen molar-refractivity contribution in [3.8, 4) is 5.75 Å². The Morgan fingerprint density at radius 1 is 1.26 bits per heavy atom. The molecule has 0 saturated carbocycles. The number of non-ortho nitro benzene ring substituents is 1. The van der Waals surface area contributed by atoms with Gasteiger partial charge < -0.3 is 15.2 Å². The van der Waals surface area contributed by atoms with Gasteiger partial charge in [-0.1, -0.05) is 6.07 Å². The largest absolute Gasteiger partial charge is 0.491 e. The van der Waals surface area contributed by atoms with Gasteiger partial charge in [-0.3, -0.25) is 14.9 Å². The van der Waals surface area contributed by atoms with Crippen LogP contribution >= 0.6 is 0 Å². The Hall–Kier alpha value is -3.19. The lowest BCUT2D eigenvalue weighted by Crippen LogP contribution is -2.35. The number of hydrogen-bond acceptors (Lipinski definition) is 7. The zero-order valence-electron chi connectivity index (χ0n) is 15.9. The van der Waals surface area contributed by atoms with Crippen LogP contribution in [0.25, 0.3) is 0 Å². The van der Waals surface area contributed by atoms with Crippen LogP contribution in [0.15, 0.2) is 47.4 Å². The Balaban J connectivity index is 2.01. The van der Waals surface area contributed by atoms with Gasteiger partial charge in [0, 0.05) is 30.5 Å². The van der Waals surface area contributed by atoms with E-state index >= 15 is 0 Å². The molecule has 0 bridgehead atoms. The van der Waals surface area contributed by atoms with E-state index in [2.05, 4.69) is 5.32 Å². The van der Waals surface area contributed by atoms with Crippen molar-refractivity contribution >= 4 is 21.4 Å². The summed E-state index contributed by atoms with van der Waals surface area (Å²) in [6.07, 6.45) is -5.07. The normalized spacial score (nSPS) is 12.8. The van der Waals surface area contributed by atoms with E-state index in [0.717, 1.165) is 42.7 Å². The van der Waals surface area contributed by atoms with Gasteiger partial charge in [0.05, 0.1) is 15.4 Å². The van der Waals surface area contributed by atoms with Crippen molar-refractivity contribution in [3.05, 3.63) is 63.7 Å². The van der Waals surface area contributed by atoms with Crippen LogP contribution in [0, 0.1) is 10.1 Å². The SMILES string of the molecule is CS(=O)(=O)c1cc(C(=O)NCC(O)COc2cccc(C(F)(F)F)c2)cc([N+](=O)[O-])c1.